The van der Waals surface area contributed by atoms with E-state index in [4.69, 9.17) is 4.98 Å². The van der Waals surface area contributed by atoms with E-state index in [0.29, 0.717) is 51.3 Å². The molecule has 1 N–H and O–H groups in total. The number of aryl methyl sites for hydroxylation is 1. The molecule has 3 aromatic carbocycles. The Hall–Kier alpha value is -4.13. The average molecular weight is 539 g/mol. The number of hydrogen-bond donors (Lipinski definition) is 1. The van der Waals surface area contributed by atoms with Crippen LogP contribution in [0.3, 0.4) is 0 Å². The molecule has 1 unspecified atom stereocenters. The highest BCUT2D eigenvalue weighted by Crippen LogP contribution is 2.39. The Morgan fingerprint density at radius 3 is 2.60 bits per heavy atom. The molecular formula is C33H32F2N4O. The number of phenolic OH excluding ortho intramolecular Hbond substituents is 1. The summed E-state index contributed by atoms with van der Waals surface area (Å²) < 4.78 is 31.4. The van der Waals surface area contributed by atoms with Crippen LogP contribution in [-0.4, -0.2) is 33.1 Å². The third-order valence-electron chi connectivity index (χ3n) is 7.95. The predicted octanol–water partition coefficient (Wildman–Crippen LogP) is 7.90. The van der Waals surface area contributed by atoms with Gasteiger partial charge < -0.3 is 10.0 Å². The number of anilines is 1. The second kappa shape index (κ2) is 10.5. The van der Waals surface area contributed by atoms with Crippen molar-refractivity contribution in [2.75, 3.05) is 18.0 Å². The monoisotopic (exact) mass is 538 g/mol. The molecule has 40 heavy (non-hydrogen) atoms. The van der Waals surface area contributed by atoms with Crippen molar-refractivity contribution >= 4 is 27.5 Å². The molecule has 1 aliphatic rings. The maximum Gasteiger partial charge on any atom is 0.175 e. The van der Waals surface area contributed by atoms with Crippen molar-refractivity contribution in [1.29, 1.82) is 0 Å². The smallest absolute Gasteiger partial charge is 0.175 e. The highest BCUT2D eigenvalue weighted by Gasteiger charge is 2.27. The minimum Gasteiger partial charge on any atom is -0.508 e. The summed E-state index contributed by atoms with van der Waals surface area (Å²) in [6, 6.07) is 16.5. The summed E-state index contributed by atoms with van der Waals surface area (Å²) in [5, 5.41) is 12.2. The van der Waals surface area contributed by atoms with Crippen LogP contribution in [0.4, 0.5) is 14.6 Å². The molecule has 1 fully saturated rings. The number of aromatic hydroxyl groups is 1. The number of halogens is 2. The number of nitrogens with zero attached hydrogens (tertiary/aromatic N) is 4. The van der Waals surface area contributed by atoms with E-state index in [-0.39, 0.29) is 28.7 Å². The maximum atomic E-state index is 16.5. The normalized spacial score (nSPS) is 15.8. The molecule has 6 rings (SSSR count). The number of phenols is 1. The number of hydrogen-bond acceptors (Lipinski definition) is 5. The Bertz CT molecular complexity index is 1720. The maximum absolute atomic E-state index is 16.5. The number of rotatable bonds is 5. The first kappa shape index (κ1) is 26.1. The summed E-state index contributed by atoms with van der Waals surface area (Å²) in [5.41, 5.74) is 2.32. The first-order valence-corrected chi connectivity index (χ1v) is 14.0. The Balaban J connectivity index is 1.54. The molecule has 3 heterocycles. The summed E-state index contributed by atoms with van der Waals surface area (Å²) in [4.78, 5) is 16.4. The third kappa shape index (κ3) is 4.53. The Morgan fingerprint density at radius 1 is 1.05 bits per heavy atom. The topological polar surface area (TPSA) is 62.1 Å². The van der Waals surface area contributed by atoms with Gasteiger partial charge in [-0.3, -0.25) is 4.98 Å². The van der Waals surface area contributed by atoms with E-state index in [1.54, 1.807) is 18.3 Å². The van der Waals surface area contributed by atoms with E-state index in [1.807, 2.05) is 26.8 Å². The van der Waals surface area contributed by atoms with Crippen molar-refractivity contribution in [1.82, 2.24) is 15.0 Å². The van der Waals surface area contributed by atoms with Gasteiger partial charge in [-0.05, 0) is 59.4 Å². The van der Waals surface area contributed by atoms with Gasteiger partial charge in [0.15, 0.2) is 5.82 Å². The predicted molar refractivity (Wildman–Crippen MR) is 156 cm³/mol. The van der Waals surface area contributed by atoms with Crippen LogP contribution in [-0.2, 0) is 6.42 Å². The second-order valence-corrected chi connectivity index (χ2v) is 10.9. The third-order valence-corrected chi connectivity index (χ3v) is 7.95. The number of pyridine rings is 1. The zero-order valence-corrected chi connectivity index (χ0v) is 23.0. The fourth-order valence-electron chi connectivity index (χ4n) is 5.94. The van der Waals surface area contributed by atoms with E-state index in [9.17, 15) is 9.50 Å². The van der Waals surface area contributed by atoms with Crippen molar-refractivity contribution in [2.24, 2.45) is 0 Å². The van der Waals surface area contributed by atoms with Crippen LogP contribution in [0.2, 0.25) is 0 Å². The van der Waals surface area contributed by atoms with E-state index < -0.39 is 5.82 Å². The largest absolute Gasteiger partial charge is 0.508 e. The molecule has 0 bridgehead atoms. The van der Waals surface area contributed by atoms with Gasteiger partial charge in [0.1, 0.15) is 34.4 Å². The van der Waals surface area contributed by atoms with Gasteiger partial charge >= 0.3 is 0 Å². The lowest BCUT2D eigenvalue weighted by molar-refractivity contribution is 0.476. The summed E-state index contributed by atoms with van der Waals surface area (Å²) in [7, 11) is 0. The molecule has 0 spiro atoms. The number of benzene rings is 3. The van der Waals surface area contributed by atoms with Crippen molar-refractivity contribution in [3.8, 4) is 17.0 Å². The molecule has 0 radical (unpaired) electrons. The van der Waals surface area contributed by atoms with Crippen LogP contribution >= 0.6 is 0 Å². The van der Waals surface area contributed by atoms with Crippen molar-refractivity contribution < 1.29 is 13.9 Å². The molecule has 0 aliphatic carbocycles. The minimum absolute atomic E-state index is 0.0173. The van der Waals surface area contributed by atoms with Gasteiger partial charge in [-0.25, -0.2) is 18.7 Å². The molecule has 0 saturated carbocycles. The molecule has 1 saturated heterocycles. The van der Waals surface area contributed by atoms with Crippen LogP contribution < -0.4 is 4.90 Å². The van der Waals surface area contributed by atoms with Gasteiger partial charge in [0, 0.05) is 36.7 Å². The Labute approximate surface area is 232 Å². The fourth-order valence-corrected chi connectivity index (χ4v) is 5.94. The quantitative estimate of drug-likeness (QED) is 0.246. The van der Waals surface area contributed by atoms with Crippen molar-refractivity contribution in [3.63, 3.8) is 0 Å². The standard InChI is InChI=1S/C33H32F2N4O/c1-4-24-27(34)13-12-21-15-23(40)16-25(28(21)24)30-29(35)31-26(17-36-30)33(38-32(37-31)19(2)3)39-14-8-11-22(18-39)20-9-6-5-7-10-20/h5-7,9-10,12-13,15-17,19,22,40H,4,8,11,14,18H2,1-3H3. The molecule has 5 nitrogen and oxygen atoms in total. The molecule has 1 atom stereocenters. The van der Waals surface area contributed by atoms with Crippen molar-refractivity contribution in [3.05, 3.63) is 89.4 Å². The lowest BCUT2D eigenvalue weighted by atomic mass is 9.90. The Morgan fingerprint density at radius 2 is 1.85 bits per heavy atom. The fraction of sp³-hybridized carbons (Fsp3) is 0.303. The zero-order chi connectivity index (χ0) is 28.0. The summed E-state index contributed by atoms with van der Waals surface area (Å²) >= 11 is 0. The summed E-state index contributed by atoms with van der Waals surface area (Å²) in [5.74, 6) is 0.571. The lowest BCUT2D eigenvalue weighted by Crippen LogP contribution is -2.35. The van der Waals surface area contributed by atoms with Gasteiger partial charge in [0.2, 0.25) is 0 Å². The zero-order valence-electron chi connectivity index (χ0n) is 23.0. The highest BCUT2D eigenvalue weighted by atomic mass is 19.1. The van der Waals surface area contributed by atoms with E-state index >= 15 is 4.39 Å². The molecule has 0 amide bonds. The average Bonchev–Trinajstić information content (AvgIpc) is 2.97. The lowest BCUT2D eigenvalue weighted by Gasteiger charge is -2.34. The van der Waals surface area contributed by atoms with Crippen LogP contribution in [0.1, 0.15) is 62.4 Å². The van der Waals surface area contributed by atoms with Gasteiger partial charge in [-0.15, -0.1) is 0 Å². The van der Waals surface area contributed by atoms with Gasteiger partial charge in [0.25, 0.3) is 0 Å². The van der Waals surface area contributed by atoms with Gasteiger partial charge in [0.05, 0.1) is 5.39 Å². The molecule has 204 valence electrons. The number of fused-ring (bicyclic) bond motifs is 2. The van der Waals surface area contributed by atoms with Crippen LogP contribution in [0.5, 0.6) is 5.75 Å². The van der Waals surface area contributed by atoms with Crippen LogP contribution in [0, 0.1) is 11.6 Å². The van der Waals surface area contributed by atoms with Crippen LogP contribution in [0.15, 0.2) is 60.8 Å². The molecular weight excluding hydrogens is 506 g/mol. The number of aromatic nitrogens is 3. The van der Waals surface area contributed by atoms with E-state index in [2.05, 4.69) is 39.1 Å². The van der Waals surface area contributed by atoms with Crippen molar-refractivity contribution in [2.45, 2.75) is 51.9 Å². The molecule has 2 aromatic heterocycles. The van der Waals surface area contributed by atoms with Gasteiger partial charge in [-0.1, -0.05) is 57.2 Å². The van der Waals surface area contributed by atoms with E-state index in [1.165, 1.54) is 17.7 Å². The first-order valence-electron chi connectivity index (χ1n) is 14.0. The highest BCUT2D eigenvalue weighted by molar-refractivity contribution is 6.01. The minimum atomic E-state index is -0.599. The first-order chi connectivity index (χ1) is 19.4. The molecule has 7 heteroatoms. The molecule has 1 aliphatic heterocycles. The Kier molecular flexibility index (Phi) is 6.82. The SMILES string of the molecule is CCc1c(F)ccc2cc(O)cc(-c3ncc4c(N5CCCC(c6ccccc6)C5)nc(C(C)C)nc4c3F)c12. The summed E-state index contributed by atoms with van der Waals surface area (Å²) in [6.45, 7) is 7.43. The summed E-state index contributed by atoms with van der Waals surface area (Å²) in [6.07, 6.45) is 4.12. The number of piperidine rings is 1. The van der Waals surface area contributed by atoms with Gasteiger partial charge in [-0.2, -0.15) is 0 Å². The molecule has 5 aromatic rings. The van der Waals surface area contributed by atoms with Crippen LogP contribution in [0.25, 0.3) is 32.9 Å². The second-order valence-electron chi connectivity index (χ2n) is 10.9. The van der Waals surface area contributed by atoms with E-state index in [0.717, 1.165) is 25.9 Å².